The van der Waals surface area contributed by atoms with Crippen LogP contribution in [0.25, 0.3) is 0 Å². The minimum Gasteiger partial charge on any atom is -0.478 e. The first-order valence-corrected chi connectivity index (χ1v) is 7.87. The van der Waals surface area contributed by atoms with E-state index < -0.39 is 5.97 Å². The summed E-state index contributed by atoms with van der Waals surface area (Å²) in [6.07, 6.45) is 15.0. The Kier molecular flexibility index (Phi) is 6.61. The molecular weight excluding hydrogens is 272 g/mol. The van der Waals surface area contributed by atoms with Crippen molar-refractivity contribution >= 4 is 5.97 Å². The summed E-state index contributed by atoms with van der Waals surface area (Å²) in [5.74, 6) is -0.912. The third-order valence-corrected chi connectivity index (χ3v) is 4.36. The van der Waals surface area contributed by atoms with Gasteiger partial charge in [0.25, 0.3) is 0 Å². The van der Waals surface area contributed by atoms with Crippen molar-refractivity contribution in [1.29, 1.82) is 0 Å². The van der Waals surface area contributed by atoms with Crippen LogP contribution < -0.4 is 0 Å². The van der Waals surface area contributed by atoms with Crippen LogP contribution in [-0.4, -0.2) is 11.1 Å². The minimum atomic E-state index is -0.912. The Morgan fingerprint density at radius 1 is 1.18 bits per heavy atom. The summed E-state index contributed by atoms with van der Waals surface area (Å²) in [5, 5.41) is 8.65. The molecule has 0 heterocycles. The van der Waals surface area contributed by atoms with E-state index in [2.05, 4.69) is 39.8 Å². The van der Waals surface area contributed by atoms with Gasteiger partial charge < -0.3 is 5.11 Å². The van der Waals surface area contributed by atoms with Crippen molar-refractivity contribution in [2.45, 2.75) is 53.9 Å². The third kappa shape index (κ3) is 5.88. The number of allylic oxidation sites excluding steroid dienone is 9. The van der Waals surface area contributed by atoms with E-state index in [0.29, 0.717) is 5.41 Å². The third-order valence-electron chi connectivity index (χ3n) is 4.36. The van der Waals surface area contributed by atoms with Crippen LogP contribution in [0.2, 0.25) is 0 Å². The van der Waals surface area contributed by atoms with Crippen molar-refractivity contribution in [3.8, 4) is 0 Å². The fourth-order valence-electron chi connectivity index (χ4n) is 2.62. The Bertz CT molecular complexity index is 567. The topological polar surface area (TPSA) is 37.3 Å². The van der Waals surface area contributed by atoms with Crippen LogP contribution in [0.4, 0.5) is 0 Å². The lowest BCUT2D eigenvalue weighted by molar-refractivity contribution is -0.131. The number of hydrogen-bond donors (Lipinski definition) is 1. The predicted octanol–water partition coefficient (Wildman–Crippen LogP) is 5.60. The molecule has 0 saturated carbocycles. The second kappa shape index (κ2) is 7.98. The van der Waals surface area contributed by atoms with Gasteiger partial charge >= 0.3 is 5.97 Å². The predicted molar refractivity (Wildman–Crippen MR) is 93.8 cm³/mol. The molecule has 0 saturated heterocycles. The van der Waals surface area contributed by atoms with Gasteiger partial charge in [-0.25, -0.2) is 4.79 Å². The fourth-order valence-corrected chi connectivity index (χ4v) is 2.62. The molecule has 0 atom stereocenters. The summed E-state index contributed by atoms with van der Waals surface area (Å²) < 4.78 is 0. The van der Waals surface area contributed by atoms with Gasteiger partial charge in [0.1, 0.15) is 0 Å². The lowest BCUT2D eigenvalue weighted by atomic mass is 9.73. The molecule has 1 rings (SSSR count). The molecule has 0 unspecified atom stereocenters. The van der Waals surface area contributed by atoms with Gasteiger partial charge in [-0.3, -0.25) is 0 Å². The summed E-state index contributed by atoms with van der Waals surface area (Å²) in [7, 11) is 0. The average Bonchev–Trinajstić information content (AvgIpc) is 2.39. The van der Waals surface area contributed by atoms with Crippen LogP contribution in [0.15, 0.2) is 58.7 Å². The van der Waals surface area contributed by atoms with Crippen LogP contribution >= 0.6 is 0 Å². The summed E-state index contributed by atoms with van der Waals surface area (Å²) >= 11 is 0. The Balaban J connectivity index is 2.76. The number of carbonyl (C=O) groups is 1. The largest absolute Gasteiger partial charge is 0.478 e. The SMILES string of the molecule is CC(C=CC1=C(C)C(C)(C)CCC1)=CC=CC(C)=CC(=O)O. The zero-order valence-electron chi connectivity index (χ0n) is 14.4. The molecule has 0 bridgehead atoms. The molecule has 1 aliphatic rings. The molecule has 0 fully saturated rings. The summed E-state index contributed by atoms with van der Waals surface area (Å²) in [6, 6.07) is 0. The van der Waals surface area contributed by atoms with E-state index in [1.807, 2.05) is 12.2 Å². The number of rotatable bonds is 5. The Labute approximate surface area is 134 Å². The number of hydrogen-bond acceptors (Lipinski definition) is 1. The molecule has 22 heavy (non-hydrogen) atoms. The fraction of sp³-hybridized carbons (Fsp3) is 0.450. The number of aliphatic carboxylic acids is 1. The maximum absolute atomic E-state index is 10.5. The van der Waals surface area contributed by atoms with Crippen molar-refractivity contribution in [2.75, 3.05) is 0 Å². The van der Waals surface area contributed by atoms with Gasteiger partial charge in [-0.05, 0) is 56.6 Å². The highest BCUT2D eigenvalue weighted by Crippen LogP contribution is 2.40. The van der Waals surface area contributed by atoms with E-state index in [-0.39, 0.29) is 0 Å². The van der Waals surface area contributed by atoms with Gasteiger partial charge in [-0.2, -0.15) is 0 Å². The Hall–Kier alpha value is -1.83. The summed E-state index contributed by atoms with van der Waals surface area (Å²) in [6.45, 7) is 10.7. The monoisotopic (exact) mass is 300 g/mol. The smallest absolute Gasteiger partial charge is 0.328 e. The molecule has 0 spiro atoms. The highest BCUT2D eigenvalue weighted by Gasteiger charge is 2.25. The van der Waals surface area contributed by atoms with E-state index in [1.165, 1.54) is 30.1 Å². The maximum Gasteiger partial charge on any atom is 0.328 e. The van der Waals surface area contributed by atoms with Crippen LogP contribution in [0, 0.1) is 5.41 Å². The van der Waals surface area contributed by atoms with E-state index in [1.54, 1.807) is 13.0 Å². The zero-order chi connectivity index (χ0) is 16.8. The van der Waals surface area contributed by atoms with Gasteiger partial charge in [0.2, 0.25) is 0 Å². The molecule has 0 aromatic carbocycles. The molecule has 1 aliphatic carbocycles. The quantitative estimate of drug-likeness (QED) is 0.530. The Morgan fingerprint density at radius 3 is 2.50 bits per heavy atom. The van der Waals surface area contributed by atoms with Crippen molar-refractivity contribution in [3.05, 3.63) is 58.7 Å². The standard InChI is InChI=1S/C20H28O2/c1-15(8-6-9-16(2)14-19(21)22)11-12-18-10-7-13-20(4,5)17(18)3/h6,8-9,11-12,14H,7,10,13H2,1-5H3,(H,21,22). The van der Waals surface area contributed by atoms with Crippen LogP contribution in [-0.2, 0) is 4.79 Å². The normalized spacial score (nSPS) is 20.2. The van der Waals surface area contributed by atoms with Crippen molar-refractivity contribution < 1.29 is 9.90 Å². The van der Waals surface area contributed by atoms with Crippen LogP contribution in [0.1, 0.15) is 53.9 Å². The van der Waals surface area contributed by atoms with E-state index in [4.69, 9.17) is 5.11 Å². The first-order valence-electron chi connectivity index (χ1n) is 7.87. The summed E-state index contributed by atoms with van der Waals surface area (Å²) in [4.78, 5) is 10.5. The van der Waals surface area contributed by atoms with E-state index in [9.17, 15) is 4.79 Å². The lowest BCUT2D eigenvalue weighted by Gasteiger charge is -2.32. The van der Waals surface area contributed by atoms with Gasteiger partial charge in [-0.1, -0.05) is 55.4 Å². The first-order chi connectivity index (χ1) is 10.2. The van der Waals surface area contributed by atoms with Gasteiger partial charge in [-0.15, -0.1) is 0 Å². The molecular formula is C20H28O2. The van der Waals surface area contributed by atoms with Crippen LogP contribution in [0.3, 0.4) is 0 Å². The second-order valence-electron chi connectivity index (χ2n) is 6.72. The minimum absolute atomic E-state index is 0.314. The van der Waals surface area contributed by atoms with Crippen molar-refractivity contribution in [2.24, 2.45) is 5.41 Å². The zero-order valence-corrected chi connectivity index (χ0v) is 14.4. The van der Waals surface area contributed by atoms with Gasteiger partial charge in [0.05, 0.1) is 0 Å². The average molecular weight is 300 g/mol. The molecule has 1 N–H and O–H groups in total. The highest BCUT2D eigenvalue weighted by molar-refractivity contribution is 5.81. The first kappa shape index (κ1) is 18.2. The molecule has 2 nitrogen and oxygen atoms in total. The number of carboxylic acid groups (broad SMARTS) is 1. The molecule has 120 valence electrons. The highest BCUT2D eigenvalue weighted by atomic mass is 16.4. The molecule has 2 heteroatoms. The van der Waals surface area contributed by atoms with Crippen molar-refractivity contribution in [1.82, 2.24) is 0 Å². The van der Waals surface area contributed by atoms with Crippen LogP contribution in [0.5, 0.6) is 0 Å². The number of carboxylic acids is 1. The van der Waals surface area contributed by atoms with E-state index >= 15 is 0 Å². The van der Waals surface area contributed by atoms with E-state index in [0.717, 1.165) is 17.6 Å². The lowest BCUT2D eigenvalue weighted by Crippen LogP contribution is -2.18. The maximum atomic E-state index is 10.5. The summed E-state index contributed by atoms with van der Waals surface area (Å²) in [5.41, 5.74) is 5.15. The molecule has 0 aliphatic heterocycles. The molecule has 0 amide bonds. The van der Waals surface area contributed by atoms with Gasteiger partial charge in [0.15, 0.2) is 0 Å². The molecule has 0 radical (unpaired) electrons. The molecule has 0 aromatic heterocycles. The Morgan fingerprint density at radius 2 is 1.86 bits per heavy atom. The van der Waals surface area contributed by atoms with Gasteiger partial charge in [0, 0.05) is 6.08 Å². The van der Waals surface area contributed by atoms with Crippen molar-refractivity contribution in [3.63, 3.8) is 0 Å². The second-order valence-corrected chi connectivity index (χ2v) is 6.72. The molecule has 0 aromatic rings.